The Morgan fingerprint density at radius 3 is 1.93 bits per heavy atom. The number of halogens is 1. The molecule has 3 aromatic carbocycles. The minimum absolute atomic E-state index is 0. The van der Waals surface area contributed by atoms with Gasteiger partial charge in [0.05, 0.1) is 24.1 Å². The third-order valence-electron chi connectivity index (χ3n) is 4.49. The van der Waals surface area contributed by atoms with Gasteiger partial charge >= 0.3 is 0 Å². The third-order valence-corrected chi connectivity index (χ3v) is 4.49. The van der Waals surface area contributed by atoms with Crippen molar-refractivity contribution in [2.45, 2.75) is 13.1 Å². The van der Waals surface area contributed by atoms with Gasteiger partial charge in [-0.25, -0.2) is 0 Å². The van der Waals surface area contributed by atoms with Crippen molar-refractivity contribution in [3.63, 3.8) is 0 Å². The molecule has 5 heteroatoms. The molecule has 0 saturated carbocycles. The lowest BCUT2D eigenvalue weighted by Crippen LogP contribution is -2.27. The lowest BCUT2D eigenvalue weighted by molar-refractivity contribution is 0.296. The van der Waals surface area contributed by atoms with Gasteiger partial charge in [0.15, 0.2) is 0 Å². The van der Waals surface area contributed by atoms with E-state index in [9.17, 15) is 0 Å². The third kappa shape index (κ3) is 4.14. The van der Waals surface area contributed by atoms with Crippen molar-refractivity contribution in [3.8, 4) is 5.75 Å². The largest absolute Gasteiger partial charge is 0.492 e. The van der Waals surface area contributed by atoms with Crippen LogP contribution in [0, 0.1) is 5.41 Å². The molecular formula is C22H22BrN3O. The number of aromatic nitrogens is 2. The van der Waals surface area contributed by atoms with Crippen LogP contribution in [0.25, 0.3) is 11.0 Å². The Kier molecular flexibility index (Phi) is 6.14. The number of nitrogens with zero attached hydrogens (tertiary/aromatic N) is 2. The average Bonchev–Trinajstić information content (AvgIpc) is 2.96. The molecule has 27 heavy (non-hydrogen) atoms. The highest BCUT2D eigenvalue weighted by atomic mass is 79.9. The molecule has 0 atom stereocenters. The number of fused-ring (bicyclic) bond motifs is 1. The lowest BCUT2D eigenvalue weighted by atomic mass is 10.2. The highest BCUT2D eigenvalue weighted by Gasteiger charge is 2.10. The molecule has 0 amide bonds. The van der Waals surface area contributed by atoms with E-state index < -0.39 is 0 Å². The van der Waals surface area contributed by atoms with Crippen molar-refractivity contribution in [2.75, 3.05) is 6.61 Å². The van der Waals surface area contributed by atoms with Gasteiger partial charge in [0.1, 0.15) is 12.4 Å². The molecule has 0 aliphatic rings. The molecule has 0 bridgehead atoms. The fourth-order valence-electron chi connectivity index (χ4n) is 3.22. The van der Waals surface area contributed by atoms with E-state index in [2.05, 4.69) is 24.3 Å². The molecule has 4 nitrogen and oxygen atoms in total. The Hall–Kier alpha value is -2.79. The summed E-state index contributed by atoms with van der Waals surface area (Å²) in [5, 5.41) is 8.68. The summed E-state index contributed by atoms with van der Waals surface area (Å²) in [6, 6.07) is 28.2. The minimum atomic E-state index is 0. The van der Waals surface area contributed by atoms with Crippen molar-refractivity contribution in [1.82, 2.24) is 9.13 Å². The van der Waals surface area contributed by atoms with Crippen LogP contribution in [0.5, 0.6) is 5.75 Å². The molecule has 0 fully saturated rings. The summed E-state index contributed by atoms with van der Waals surface area (Å²) < 4.78 is 9.89. The minimum Gasteiger partial charge on any atom is -0.492 e. The van der Waals surface area contributed by atoms with Gasteiger partial charge in [-0.3, -0.25) is 5.41 Å². The molecule has 0 aliphatic heterocycles. The molecule has 1 heterocycles. The summed E-state index contributed by atoms with van der Waals surface area (Å²) in [6.45, 7) is 1.85. The molecule has 0 saturated heterocycles. The Morgan fingerprint density at radius 1 is 0.704 bits per heavy atom. The fourth-order valence-corrected chi connectivity index (χ4v) is 3.22. The highest BCUT2D eigenvalue weighted by molar-refractivity contribution is 8.93. The first-order valence-corrected chi connectivity index (χ1v) is 8.77. The molecule has 4 aromatic rings. The lowest BCUT2D eigenvalue weighted by Gasteiger charge is -2.08. The predicted octanol–water partition coefficient (Wildman–Crippen LogP) is 4.63. The summed E-state index contributed by atoms with van der Waals surface area (Å²) in [5.74, 6) is 0.854. The van der Waals surface area contributed by atoms with Crippen molar-refractivity contribution in [1.29, 1.82) is 5.41 Å². The Labute approximate surface area is 168 Å². The van der Waals surface area contributed by atoms with Crippen LogP contribution >= 0.6 is 17.0 Å². The second-order valence-electron chi connectivity index (χ2n) is 6.20. The molecule has 0 aliphatic carbocycles. The van der Waals surface area contributed by atoms with Gasteiger partial charge < -0.3 is 13.9 Å². The zero-order chi connectivity index (χ0) is 17.8. The SMILES string of the molecule is Br.N=c1n(CCOc2ccccc2)c2ccccc2n1Cc1ccccc1. The molecule has 1 N–H and O–H groups in total. The number of hydrogen-bond donors (Lipinski definition) is 1. The second kappa shape index (κ2) is 8.73. The second-order valence-corrected chi connectivity index (χ2v) is 6.20. The molecule has 0 spiro atoms. The van der Waals surface area contributed by atoms with Crippen LogP contribution in [0.4, 0.5) is 0 Å². The standard InChI is InChI=1S/C22H21N3O.BrH/c23-22-24(15-16-26-19-11-5-2-6-12-19)20-13-7-8-14-21(20)25(22)17-18-9-3-1-4-10-18;/h1-14,23H,15-17H2;1H. The van der Waals surface area contributed by atoms with Crippen LogP contribution in [0.3, 0.4) is 0 Å². The zero-order valence-electron chi connectivity index (χ0n) is 14.9. The van der Waals surface area contributed by atoms with Crippen molar-refractivity contribution in [2.24, 2.45) is 0 Å². The highest BCUT2D eigenvalue weighted by Crippen LogP contribution is 2.15. The van der Waals surface area contributed by atoms with Gasteiger partial charge in [-0.15, -0.1) is 17.0 Å². The van der Waals surface area contributed by atoms with Crippen LogP contribution in [0.1, 0.15) is 5.56 Å². The molecule has 1 aromatic heterocycles. The van der Waals surface area contributed by atoms with E-state index in [1.165, 1.54) is 5.56 Å². The summed E-state index contributed by atoms with van der Waals surface area (Å²) in [4.78, 5) is 0. The molecule has 4 rings (SSSR count). The van der Waals surface area contributed by atoms with Gasteiger partial charge in [-0.2, -0.15) is 0 Å². The number of rotatable bonds is 6. The van der Waals surface area contributed by atoms with E-state index in [1.54, 1.807) is 0 Å². The number of ether oxygens (including phenoxy) is 1. The summed E-state index contributed by atoms with van der Waals surface area (Å²) in [6.07, 6.45) is 0. The number of para-hydroxylation sites is 3. The number of hydrogen-bond acceptors (Lipinski definition) is 2. The summed E-state index contributed by atoms with van der Waals surface area (Å²) >= 11 is 0. The van der Waals surface area contributed by atoms with E-state index in [0.717, 1.165) is 16.8 Å². The van der Waals surface area contributed by atoms with E-state index >= 15 is 0 Å². The number of imidazole rings is 1. The molecule has 0 radical (unpaired) electrons. The Balaban J connectivity index is 0.00000210. The van der Waals surface area contributed by atoms with E-state index in [4.69, 9.17) is 10.1 Å². The fraction of sp³-hybridized carbons (Fsp3) is 0.136. The quantitative estimate of drug-likeness (QED) is 0.482. The van der Waals surface area contributed by atoms with Gasteiger partial charge in [-0.1, -0.05) is 60.7 Å². The Morgan fingerprint density at radius 2 is 1.26 bits per heavy atom. The van der Waals surface area contributed by atoms with Gasteiger partial charge in [0.2, 0.25) is 5.62 Å². The first kappa shape index (κ1) is 19.0. The van der Waals surface area contributed by atoms with Gasteiger partial charge in [0, 0.05) is 0 Å². The summed E-state index contributed by atoms with van der Waals surface area (Å²) in [5.41, 5.74) is 3.81. The van der Waals surface area contributed by atoms with Crippen molar-refractivity contribution in [3.05, 3.63) is 96.1 Å². The van der Waals surface area contributed by atoms with Crippen molar-refractivity contribution >= 4 is 28.0 Å². The van der Waals surface area contributed by atoms with E-state index in [-0.39, 0.29) is 17.0 Å². The van der Waals surface area contributed by atoms with Crippen LogP contribution in [-0.2, 0) is 13.1 Å². The maximum Gasteiger partial charge on any atom is 0.203 e. The zero-order valence-corrected chi connectivity index (χ0v) is 16.6. The van der Waals surface area contributed by atoms with Crippen LogP contribution in [-0.4, -0.2) is 15.7 Å². The molecule has 138 valence electrons. The van der Waals surface area contributed by atoms with E-state index in [0.29, 0.717) is 25.3 Å². The maximum atomic E-state index is 8.68. The van der Waals surface area contributed by atoms with Crippen LogP contribution in [0.15, 0.2) is 84.9 Å². The normalized spacial score (nSPS) is 10.5. The topological polar surface area (TPSA) is 42.9 Å². The number of nitrogens with one attached hydrogen (secondary N) is 1. The van der Waals surface area contributed by atoms with Crippen molar-refractivity contribution < 1.29 is 4.74 Å². The molecular weight excluding hydrogens is 402 g/mol. The smallest absolute Gasteiger partial charge is 0.203 e. The van der Waals surface area contributed by atoms with Crippen LogP contribution < -0.4 is 10.4 Å². The van der Waals surface area contributed by atoms with E-state index in [1.807, 2.05) is 69.8 Å². The maximum absolute atomic E-state index is 8.68. The first-order chi connectivity index (χ1) is 12.8. The van der Waals surface area contributed by atoms with Crippen LogP contribution in [0.2, 0.25) is 0 Å². The van der Waals surface area contributed by atoms with Gasteiger partial charge in [-0.05, 0) is 29.8 Å². The summed E-state index contributed by atoms with van der Waals surface area (Å²) in [7, 11) is 0. The predicted molar refractivity (Wildman–Crippen MR) is 114 cm³/mol. The Bertz CT molecular complexity index is 1060. The average molecular weight is 424 g/mol. The van der Waals surface area contributed by atoms with Gasteiger partial charge in [0.25, 0.3) is 0 Å². The molecule has 0 unspecified atom stereocenters. The number of benzene rings is 3. The first-order valence-electron chi connectivity index (χ1n) is 8.77. The monoisotopic (exact) mass is 423 g/mol.